The third-order valence-electron chi connectivity index (χ3n) is 4.60. The van der Waals surface area contributed by atoms with Crippen LogP contribution < -0.4 is 5.32 Å². The third kappa shape index (κ3) is 4.80. The fourth-order valence-corrected chi connectivity index (χ4v) is 3.04. The van der Waals surface area contributed by atoms with Crippen LogP contribution in [-0.2, 0) is 0 Å². The lowest BCUT2D eigenvalue weighted by Gasteiger charge is -2.31. The molecule has 0 saturated carbocycles. The molecule has 2 heterocycles. The van der Waals surface area contributed by atoms with E-state index in [1.54, 1.807) is 10.9 Å². The highest BCUT2D eigenvalue weighted by Crippen LogP contribution is 2.18. The number of benzene rings is 1. The Hall–Kier alpha value is -1.92. The Morgan fingerprint density at radius 3 is 2.56 bits per heavy atom. The molecule has 1 N–H and O–H groups in total. The molecule has 1 amide bonds. The number of halogens is 1. The van der Waals surface area contributed by atoms with Crippen molar-refractivity contribution in [1.29, 1.82) is 0 Å². The molecule has 1 aliphatic heterocycles. The van der Waals surface area contributed by atoms with Gasteiger partial charge < -0.3 is 10.2 Å². The van der Waals surface area contributed by atoms with E-state index in [0.29, 0.717) is 11.6 Å². The van der Waals surface area contributed by atoms with E-state index in [1.807, 2.05) is 36.1 Å². The van der Waals surface area contributed by atoms with Gasteiger partial charge in [-0.3, -0.25) is 4.79 Å². The molecule has 6 nitrogen and oxygen atoms in total. The molecule has 1 aromatic carbocycles. The number of rotatable bonds is 5. The van der Waals surface area contributed by atoms with E-state index in [-0.39, 0.29) is 18.3 Å². The summed E-state index contributed by atoms with van der Waals surface area (Å²) in [7, 11) is 0. The number of hydrogen-bond donors (Lipinski definition) is 1. The van der Waals surface area contributed by atoms with Crippen molar-refractivity contribution >= 4 is 18.3 Å². The van der Waals surface area contributed by atoms with Gasteiger partial charge in [0.15, 0.2) is 5.69 Å². The molecule has 0 atom stereocenters. The van der Waals surface area contributed by atoms with Gasteiger partial charge in [-0.2, -0.15) is 0 Å². The maximum absolute atomic E-state index is 12.6. The average molecular weight is 364 g/mol. The maximum atomic E-state index is 12.6. The lowest BCUT2D eigenvalue weighted by molar-refractivity contribution is 0.0684. The highest BCUT2D eigenvalue weighted by molar-refractivity contribution is 5.92. The minimum atomic E-state index is -0.0183. The van der Waals surface area contributed by atoms with Crippen molar-refractivity contribution < 1.29 is 4.79 Å². The van der Waals surface area contributed by atoms with Gasteiger partial charge in [0.2, 0.25) is 0 Å². The number of carbonyl (C=O) groups excluding carboxylic acids is 1. The van der Waals surface area contributed by atoms with Crippen LogP contribution in [-0.4, -0.2) is 52.0 Å². The topological polar surface area (TPSA) is 63.1 Å². The van der Waals surface area contributed by atoms with Crippen molar-refractivity contribution in [2.45, 2.75) is 26.7 Å². The van der Waals surface area contributed by atoms with E-state index in [1.165, 1.54) is 5.56 Å². The summed E-state index contributed by atoms with van der Waals surface area (Å²) in [6.45, 7) is 7.80. The molecule has 136 valence electrons. The van der Waals surface area contributed by atoms with Crippen LogP contribution in [0.25, 0.3) is 5.69 Å². The fourth-order valence-electron chi connectivity index (χ4n) is 3.04. The number of hydrogen-bond acceptors (Lipinski definition) is 4. The zero-order valence-corrected chi connectivity index (χ0v) is 15.6. The number of aromatic nitrogens is 3. The van der Waals surface area contributed by atoms with Crippen molar-refractivity contribution in [3.8, 4) is 5.69 Å². The van der Waals surface area contributed by atoms with E-state index < -0.39 is 0 Å². The zero-order valence-electron chi connectivity index (χ0n) is 14.8. The minimum absolute atomic E-state index is 0. The Bertz CT molecular complexity index is 677. The van der Waals surface area contributed by atoms with Gasteiger partial charge in [0, 0.05) is 13.1 Å². The summed E-state index contributed by atoms with van der Waals surface area (Å²) in [5.74, 6) is 0.646. The monoisotopic (exact) mass is 363 g/mol. The van der Waals surface area contributed by atoms with Crippen LogP contribution in [0.1, 0.15) is 35.8 Å². The number of piperidine rings is 1. The Labute approximate surface area is 155 Å². The highest BCUT2D eigenvalue weighted by Gasteiger charge is 2.25. The molecule has 7 heteroatoms. The lowest BCUT2D eigenvalue weighted by atomic mass is 9.96. The predicted molar refractivity (Wildman–Crippen MR) is 101 cm³/mol. The number of amides is 1. The second-order valence-corrected chi connectivity index (χ2v) is 6.43. The molecule has 3 rings (SSSR count). The van der Waals surface area contributed by atoms with E-state index in [0.717, 1.165) is 44.7 Å². The molecule has 0 spiro atoms. The average Bonchev–Trinajstić information content (AvgIpc) is 3.10. The van der Waals surface area contributed by atoms with Crippen molar-refractivity contribution in [3.63, 3.8) is 0 Å². The quantitative estimate of drug-likeness (QED) is 0.886. The number of likely N-dealkylation sites (tertiary alicyclic amines) is 1. The minimum Gasteiger partial charge on any atom is -0.337 e. The SMILES string of the molecule is CCNCC1CCN(C(=O)c2cn(-c3ccc(C)cc3)nn2)CC1.Cl. The maximum Gasteiger partial charge on any atom is 0.276 e. The molecule has 1 fully saturated rings. The Morgan fingerprint density at radius 1 is 1.24 bits per heavy atom. The van der Waals surface area contributed by atoms with Crippen LogP contribution in [0.3, 0.4) is 0 Å². The number of aryl methyl sites for hydroxylation is 1. The third-order valence-corrected chi connectivity index (χ3v) is 4.60. The van der Waals surface area contributed by atoms with Gasteiger partial charge in [0.05, 0.1) is 11.9 Å². The molecule has 2 aromatic rings. The zero-order chi connectivity index (χ0) is 16.9. The van der Waals surface area contributed by atoms with E-state index in [4.69, 9.17) is 0 Å². The molecule has 1 aliphatic rings. The largest absolute Gasteiger partial charge is 0.337 e. The lowest BCUT2D eigenvalue weighted by Crippen LogP contribution is -2.40. The second-order valence-electron chi connectivity index (χ2n) is 6.43. The van der Waals surface area contributed by atoms with Crippen LogP contribution in [0.5, 0.6) is 0 Å². The molecular weight excluding hydrogens is 338 g/mol. The summed E-state index contributed by atoms with van der Waals surface area (Å²) in [6, 6.07) is 8.00. The van der Waals surface area contributed by atoms with Crippen LogP contribution in [0.4, 0.5) is 0 Å². The van der Waals surface area contributed by atoms with Gasteiger partial charge in [0.25, 0.3) is 5.91 Å². The molecule has 0 bridgehead atoms. The molecule has 1 aromatic heterocycles. The van der Waals surface area contributed by atoms with E-state index in [2.05, 4.69) is 22.6 Å². The summed E-state index contributed by atoms with van der Waals surface area (Å²) in [5.41, 5.74) is 2.52. The van der Waals surface area contributed by atoms with Crippen molar-refractivity contribution in [2.24, 2.45) is 5.92 Å². The first kappa shape index (κ1) is 19.4. The molecule has 0 aliphatic carbocycles. The van der Waals surface area contributed by atoms with Crippen LogP contribution in [0.2, 0.25) is 0 Å². The first-order valence-corrected chi connectivity index (χ1v) is 8.66. The molecule has 25 heavy (non-hydrogen) atoms. The Kier molecular flexibility index (Phi) is 6.96. The first-order valence-electron chi connectivity index (χ1n) is 8.66. The molecular formula is C18H26ClN5O. The predicted octanol–water partition coefficient (Wildman–Crippen LogP) is 2.46. The van der Waals surface area contributed by atoms with E-state index in [9.17, 15) is 4.79 Å². The summed E-state index contributed by atoms with van der Waals surface area (Å²) < 4.78 is 1.66. The molecule has 1 saturated heterocycles. The van der Waals surface area contributed by atoms with Crippen LogP contribution in [0, 0.1) is 12.8 Å². The standard InChI is InChI=1S/C18H25N5O.ClH/c1-3-19-12-15-8-10-22(11-9-15)18(24)17-13-23(21-20-17)16-6-4-14(2)5-7-16;/h4-7,13,15,19H,3,8-12H2,1-2H3;1H. The Balaban J connectivity index is 0.00000225. The van der Waals surface area contributed by atoms with Crippen molar-refractivity contribution in [1.82, 2.24) is 25.2 Å². The number of nitrogens with zero attached hydrogens (tertiary/aromatic N) is 4. The van der Waals surface area contributed by atoms with Gasteiger partial charge in [0.1, 0.15) is 0 Å². The molecule has 0 radical (unpaired) electrons. The summed E-state index contributed by atoms with van der Waals surface area (Å²) in [6.07, 6.45) is 3.81. The van der Waals surface area contributed by atoms with Gasteiger partial charge in [-0.05, 0) is 50.9 Å². The van der Waals surface area contributed by atoms with Crippen molar-refractivity contribution in [3.05, 3.63) is 41.7 Å². The van der Waals surface area contributed by atoms with Gasteiger partial charge in [-0.1, -0.05) is 29.8 Å². The smallest absolute Gasteiger partial charge is 0.276 e. The first-order chi connectivity index (χ1) is 11.7. The Morgan fingerprint density at radius 2 is 1.92 bits per heavy atom. The van der Waals surface area contributed by atoms with Crippen LogP contribution >= 0.6 is 12.4 Å². The normalized spacial score (nSPS) is 15.0. The number of nitrogens with one attached hydrogen (secondary N) is 1. The van der Waals surface area contributed by atoms with E-state index >= 15 is 0 Å². The van der Waals surface area contributed by atoms with Gasteiger partial charge >= 0.3 is 0 Å². The second kappa shape index (κ2) is 8.97. The fraction of sp³-hybridized carbons (Fsp3) is 0.500. The summed E-state index contributed by atoms with van der Waals surface area (Å²) in [5, 5.41) is 11.6. The van der Waals surface area contributed by atoms with Crippen molar-refractivity contribution in [2.75, 3.05) is 26.2 Å². The summed E-state index contributed by atoms with van der Waals surface area (Å²) in [4.78, 5) is 14.5. The highest BCUT2D eigenvalue weighted by atomic mass is 35.5. The van der Waals surface area contributed by atoms with Crippen LogP contribution in [0.15, 0.2) is 30.5 Å². The summed E-state index contributed by atoms with van der Waals surface area (Å²) >= 11 is 0. The van der Waals surface area contributed by atoms with Gasteiger partial charge in [-0.25, -0.2) is 4.68 Å². The van der Waals surface area contributed by atoms with Gasteiger partial charge in [-0.15, -0.1) is 17.5 Å². The number of carbonyl (C=O) groups is 1. The molecule has 0 unspecified atom stereocenters.